The van der Waals surface area contributed by atoms with Gasteiger partial charge >= 0.3 is 0 Å². The molecule has 0 atom stereocenters. The van der Waals surface area contributed by atoms with E-state index in [0.29, 0.717) is 11.5 Å². The van der Waals surface area contributed by atoms with Crippen LogP contribution in [0.15, 0.2) is 36.4 Å². The second-order valence-electron chi connectivity index (χ2n) is 3.23. The van der Waals surface area contributed by atoms with Crippen molar-refractivity contribution >= 4 is 11.5 Å². The summed E-state index contributed by atoms with van der Waals surface area (Å²) in [5.41, 5.74) is 13.7. The molecular formula is C11H11N3O. The van der Waals surface area contributed by atoms with Gasteiger partial charge in [-0.15, -0.1) is 0 Å². The number of rotatable bonds is 1. The predicted octanol–water partition coefficient (Wildman–Crippen LogP) is 1.62. The van der Waals surface area contributed by atoms with Crippen LogP contribution in [-0.2, 0) is 0 Å². The third-order valence-corrected chi connectivity index (χ3v) is 2.11. The molecule has 0 bridgehead atoms. The molecule has 5 N–H and O–H groups in total. The number of benzene rings is 1. The van der Waals surface area contributed by atoms with Gasteiger partial charge in [0.25, 0.3) is 0 Å². The van der Waals surface area contributed by atoms with Gasteiger partial charge < -0.3 is 16.6 Å². The van der Waals surface area contributed by atoms with Gasteiger partial charge in [-0.25, -0.2) is 0 Å². The Morgan fingerprint density at radius 3 is 2.53 bits per heavy atom. The molecule has 1 aromatic heterocycles. The Hall–Kier alpha value is -2.23. The molecule has 0 amide bonds. The number of aromatic hydroxyl groups is 1. The van der Waals surface area contributed by atoms with E-state index in [4.69, 9.17) is 16.6 Å². The first-order valence-electron chi connectivity index (χ1n) is 4.48. The van der Waals surface area contributed by atoms with Crippen molar-refractivity contribution in [3.63, 3.8) is 0 Å². The summed E-state index contributed by atoms with van der Waals surface area (Å²) < 4.78 is 0. The maximum absolute atomic E-state index is 9.12. The topological polar surface area (TPSA) is 85.2 Å². The zero-order valence-corrected chi connectivity index (χ0v) is 8.01. The van der Waals surface area contributed by atoms with Gasteiger partial charge in [0.05, 0.1) is 0 Å². The van der Waals surface area contributed by atoms with Crippen LogP contribution in [0.25, 0.3) is 11.1 Å². The van der Waals surface area contributed by atoms with E-state index in [1.165, 1.54) is 6.07 Å². The van der Waals surface area contributed by atoms with E-state index < -0.39 is 0 Å². The molecular weight excluding hydrogens is 190 g/mol. The molecule has 15 heavy (non-hydrogen) atoms. The highest BCUT2D eigenvalue weighted by Crippen LogP contribution is 2.27. The molecule has 76 valence electrons. The first-order valence-corrected chi connectivity index (χ1v) is 4.48. The summed E-state index contributed by atoms with van der Waals surface area (Å²) in [6.45, 7) is 0. The quantitative estimate of drug-likeness (QED) is 0.612. The molecule has 0 aliphatic rings. The Morgan fingerprint density at radius 2 is 1.87 bits per heavy atom. The average molecular weight is 201 g/mol. The standard InChI is InChI=1S/C11H11N3O/c12-8-3-1-2-7(6-8)9-4-5-10(15)14-11(9)13/h1-6H,12H2,(H3,13,14,15). The van der Waals surface area contributed by atoms with Crippen LogP contribution in [0, 0.1) is 0 Å². The van der Waals surface area contributed by atoms with Crippen LogP contribution in [0.5, 0.6) is 5.88 Å². The molecule has 0 aliphatic heterocycles. The molecule has 1 aromatic carbocycles. The molecule has 4 heteroatoms. The van der Waals surface area contributed by atoms with Crippen LogP contribution >= 0.6 is 0 Å². The maximum Gasteiger partial charge on any atom is 0.212 e. The van der Waals surface area contributed by atoms with Crippen LogP contribution in [0.1, 0.15) is 0 Å². The zero-order valence-electron chi connectivity index (χ0n) is 8.01. The van der Waals surface area contributed by atoms with E-state index in [1.54, 1.807) is 12.1 Å². The summed E-state index contributed by atoms with van der Waals surface area (Å²) in [4.78, 5) is 3.77. The normalized spacial score (nSPS) is 10.1. The number of nitrogen functional groups attached to an aromatic ring is 2. The molecule has 0 saturated carbocycles. The average Bonchev–Trinajstić information content (AvgIpc) is 2.17. The lowest BCUT2D eigenvalue weighted by Crippen LogP contribution is -1.94. The highest BCUT2D eigenvalue weighted by atomic mass is 16.3. The Kier molecular flexibility index (Phi) is 2.17. The van der Waals surface area contributed by atoms with Crippen molar-refractivity contribution in [2.45, 2.75) is 0 Å². The minimum atomic E-state index is -0.0832. The number of pyridine rings is 1. The fourth-order valence-electron chi connectivity index (χ4n) is 1.41. The smallest absolute Gasteiger partial charge is 0.212 e. The highest BCUT2D eigenvalue weighted by molar-refractivity contribution is 5.76. The number of aromatic nitrogens is 1. The van der Waals surface area contributed by atoms with Crippen molar-refractivity contribution in [3.05, 3.63) is 36.4 Å². The van der Waals surface area contributed by atoms with Crippen LogP contribution in [-0.4, -0.2) is 10.1 Å². The zero-order chi connectivity index (χ0) is 10.8. The van der Waals surface area contributed by atoms with E-state index >= 15 is 0 Å². The lowest BCUT2D eigenvalue weighted by atomic mass is 10.1. The first-order chi connectivity index (χ1) is 7.16. The van der Waals surface area contributed by atoms with Crippen molar-refractivity contribution in [2.24, 2.45) is 0 Å². The van der Waals surface area contributed by atoms with Crippen molar-refractivity contribution in [1.29, 1.82) is 0 Å². The number of anilines is 2. The molecule has 4 nitrogen and oxygen atoms in total. The molecule has 0 saturated heterocycles. The summed E-state index contributed by atoms with van der Waals surface area (Å²) in [6, 6.07) is 10.6. The van der Waals surface area contributed by atoms with Gasteiger partial charge in [0.2, 0.25) is 5.88 Å². The summed E-state index contributed by atoms with van der Waals surface area (Å²) in [6.07, 6.45) is 0. The Morgan fingerprint density at radius 1 is 1.07 bits per heavy atom. The first kappa shape index (κ1) is 9.33. The van der Waals surface area contributed by atoms with Crippen molar-refractivity contribution in [3.8, 4) is 17.0 Å². The number of hydrogen-bond donors (Lipinski definition) is 3. The van der Waals surface area contributed by atoms with Crippen molar-refractivity contribution < 1.29 is 5.11 Å². The van der Waals surface area contributed by atoms with Crippen LogP contribution in [0.2, 0.25) is 0 Å². The molecule has 0 unspecified atom stereocenters. The van der Waals surface area contributed by atoms with E-state index in [-0.39, 0.29) is 5.88 Å². The van der Waals surface area contributed by atoms with Gasteiger partial charge in [-0.3, -0.25) is 0 Å². The third-order valence-electron chi connectivity index (χ3n) is 2.11. The second-order valence-corrected chi connectivity index (χ2v) is 3.23. The number of nitrogens with zero attached hydrogens (tertiary/aromatic N) is 1. The van der Waals surface area contributed by atoms with Gasteiger partial charge in [-0.1, -0.05) is 12.1 Å². The van der Waals surface area contributed by atoms with E-state index in [1.807, 2.05) is 18.2 Å². The lowest BCUT2D eigenvalue weighted by molar-refractivity contribution is 0.454. The summed E-state index contributed by atoms with van der Waals surface area (Å²) in [5.74, 6) is 0.209. The van der Waals surface area contributed by atoms with Crippen LogP contribution < -0.4 is 11.5 Å². The Labute approximate surface area is 87.2 Å². The number of nitrogens with two attached hydrogens (primary N) is 2. The second kappa shape index (κ2) is 3.49. The number of hydrogen-bond acceptors (Lipinski definition) is 4. The van der Waals surface area contributed by atoms with Gasteiger partial charge in [-0.2, -0.15) is 4.98 Å². The summed E-state index contributed by atoms with van der Waals surface area (Å²) >= 11 is 0. The van der Waals surface area contributed by atoms with Gasteiger partial charge in [0, 0.05) is 17.3 Å². The van der Waals surface area contributed by atoms with Gasteiger partial charge in [-0.05, 0) is 23.8 Å². The molecule has 1 heterocycles. The van der Waals surface area contributed by atoms with E-state index in [0.717, 1.165) is 11.1 Å². The van der Waals surface area contributed by atoms with Crippen molar-refractivity contribution in [1.82, 2.24) is 4.98 Å². The van der Waals surface area contributed by atoms with E-state index in [9.17, 15) is 0 Å². The predicted molar refractivity (Wildman–Crippen MR) is 60.2 cm³/mol. The van der Waals surface area contributed by atoms with E-state index in [2.05, 4.69) is 4.98 Å². The maximum atomic E-state index is 9.12. The molecule has 2 aromatic rings. The highest BCUT2D eigenvalue weighted by Gasteiger charge is 2.04. The lowest BCUT2D eigenvalue weighted by Gasteiger charge is -2.05. The van der Waals surface area contributed by atoms with Crippen LogP contribution in [0.3, 0.4) is 0 Å². The minimum Gasteiger partial charge on any atom is -0.493 e. The summed E-state index contributed by atoms with van der Waals surface area (Å²) in [7, 11) is 0. The third kappa shape index (κ3) is 1.83. The van der Waals surface area contributed by atoms with Crippen LogP contribution in [0.4, 0.5) is 11.5 Å². The fourth-order valence-corrected chi connectivity index (χ4v) is 1.41. The molecule has 0 spiro atoms. The SMILES string of the molecule is Nc1cccc(-c2ccc(O)nc2N)c1. The molecule has 0 fully saturated rings. The Balaban J connectivity index is 2.54. The fraction of sp³-hybridized carbons (Fsp3) is 0. The van der Waals surface area contributed by atoms with Gasteiger partial charge in [0.15, 0.2) is 0 Å². The molecule has 2 rings (SSSR count). The Bertz CT molecular complexity index is 497. The monoisotopic (exact) mass is 201 g/mol. The summed E-state index contributed by atoms with van der Waals surface area (Å²) in [5, 5.41) is 9.12. The molecule has 0 radical (unpaired) electrons. The van der Waals surface area contributed by atoms with Gasteiger partial charge in [0.1, 0.15) is 5.82 Å². The van der Waals surface area contributed by atoms with Crippen molar-refractivity contribution in [2.75, 3.05) is 11.5 Å². The minimum absolute atomic E-state index is 0.0832. The molecule has 0 aliphatic carbocycles. The largest absolute Gasteiger partial charge is 0.493 e.